The predicted molar refractivity (Wildman–Crippen MR) is 339 cm³/mol. The van der Waals surface area contributed by atoms with Gasteiger partial charge in [-0.15, -0.1) is 0 Å². The van der Waals surface area contributed by atoms with Crippen LogP contribution in [0.4, 0.5) is 22.7 Å². The lowest BCUT2D eigenvalue weighted by molar-refractivity contribution is -0.121. The Morgan fingerprint density at radius 3 is 1.81 bits per heavy atom. The molecule has 1 amide bonds. The lowest BCUT2D eigenvalue weighted by Crippen LogP contribution is -2.44. The van der Waals surface area contributed by atoms with Crippen LogP contribution in [0.3, 0.4) is 0 Å². The van der Waals surface area contributed by atoms with Crippen LogP contribution in [0.5, 0.6) is 11.5 Å². The molecule has 16 nitrogen and oxygen atoms in total. The first-order valence-electron chi connectivity index (χ1n) is 30.4. The Morgan fingerprint density at radius 1 is 0.500 bits per heavy atom. The van der Waals surface area contributed by atoms with Crippen LogP contribution in [0.1, 0.15) is 80.0 Å². The van der Waals surface area contributed by atoms with E-state index in [2.05, 4.69) is 133 Å². The number of carbonyl (C=O) groups is 2. The third-order valence-electron chi connectivity index (χ3n) is 16.8. The van der Waals surface area contributed by atoms with Gasteiger partial charge < -0.3 is 49.7 Å². The second-order valence-corrected chi connectivity index (χ2v) is 23.1. The molecular weight excluding hydrogens is 1050 g/mol. The maximum absolute atomic E-state index is 12.7. The highest BCUT2D eigenvalue weighted by Crippen LogP contribution is 2.37. The van der Waals surface area contributed by atoms with Gasteiger partial charge in [-0.25, -0.2) is 9.97 Å². The summed E-state index contributed by atoms with van der Waals surface area (Å²) in [6.07, 6.45) is 8.24. The number of Topliss-reactive ketones (excluding diaryl/α,β-unsaturated/α-hetero) is 1. The molecule has 12 rings (SSSR count). The van der Waals surface area contributed by atoms with E-state index in [1.807, 2.05) is 42.5 Å². The zero-order valence-electron chi connectivity index (χ0n) is 48.7. The summed E-state index contributed by atoms with van der Waals surface area (Å²) < 4.78 is 12.2. The number of nitrogens with zero attached hydrogens (tertiary/aromatic N) is 8. The third kappa shape index (κ3) is 14.1. The number of fused-ring (bicyclic) bond motifs is 4. The molecule has 8 aromatic rings. The normalized spacial score (nSPS) is 15.4. The van der Waals surface area contributed by atoms with E-state index in [-0.39, 0.29) is 5.91 Å². The molecule has 0 unspecified atom stereocenters. The molecule has 4 N–H and O–H groups in total. The number of likely N-dealkylation sites (N-methyl/N-ethyl adjacent to an activating group) is 2. The van der Waals surface area contributed by atoms with Crippen LogP contribution >= 0.6 is 0 Å². The van der Waals surface area contributed by atoms with E-state index in [1.165, 1.54) is 28.1 Å². The smallest absolute Gasteiger partial charge is 0.220 e. The van der Waals surface area contributed by atoms with Crippen LogP contribution in [0, 0.1) is 0 Å². The molecule has 434 valence electrons. The second kappa shape index (κ2) is 26.6. The van der Waals surface area contributed by atoms with Crippen molar-refractivity contribution in [2.75, 3.05) is 109 Å². The number of benzene rings is 6. The summed E-state index contributed by atoms with van der Waals surface area (Å²) in [7, 11) is 4.36. The summed E-state index contributed by atoms with van der Waals surface area (Å²) in [4.78, 5) is 61.9. The van der Waals surface area contributed by atoms with Gasteiger partial charge >= 0.3 is 0 Å². The standard InChI is InChI=1S/C68H78N12O4/c1-77-29-33-79(34-30-77)53-21-18-49-42-61(72-63(49)45-53)48-19-23-58-52(39-48)44-62(71-58)47-11-6-15-56(40-47)83-37-8-14-55(81)13-4-3-5-26-69-27-10-28-70-66(82)17-9-38-84-57-16-7-12-50(41-57)67-73-59-24-20-51(43-64(59)75-67)68-74-60-25-22-54(46-65(60)76-68)80-35-31-78(2)32-36-80/h6-7,11-12,15-16,18-25,39-41,43,45-46,69H,3-5,8-10,13-14,17,26-38,42,44H2,1-2H3,(H,70,82)(H,73,75)(H,74,76). The largest absolute Gasteiger partial charge is 0.494 e. The van der Waals surface area contributed by atoms with Crippen LogP contribution in [-0.4, -0.2) is 152 Å². The van der Waals surface area contributed by atoms with Gasteiger partial charge in [0.2, 0.25) is 5.91 Å². The van der Waals surface area contributed by atoms with Crippen LogP contribution in [-0.2, 0) is 22.4 Å². The summed E-state index contributed by atoms with van der Waals surface area (Å²) in [5.74, 6) is 3.45. The number of nitrogens with one attached hydrogen (secondary N) is 4. The minimum Gasteiger partial charge on any atom is -0.494 e. The van der Waals surface area contributed by atoms with Crippen molar-refractivity contribution >= 4 is 67.9 Å². The van der Waals surface area contributed by atoms with Gasteiger partial charge in [0.15, 0.2) is 0 Å². The van der Waals surface area contributed by atoms with Gasteiger partial charge in [-0.2, -0.15) is 0 Å². The average Bonchev–Trinajstić information content (AvgIpc) is 3.47. The number of unbranched alkanes of at least 4 members (excludes halogenated alkanes) is 2. The Morgan fingerprint density at radius 2 is 1.07 bits per heavy atom. The number of carbonyl (C=O) groups excluding carboxylic acids is 2. The number of imidazole rings is 2. The number of aromatic amines is 2. The number of aliphatic imine (C=N–C) groups is 2. The molecular formula is C68H78N12O4. The van der Waals surface area contributed by atoms with Crippen molar-refractivity contribution in [1.29, 1.82) is 0 Å². The van der Waals surface area contributed by atoms with Crippen molar-refractivity contribution in [1.82, 2.24) is 40.4 Å². The maximum atomic E-state index is 12.7. The maximum Gasteiger partial charge on any atom is 0.220 e. The van der Waals surface area contributed by atoms with E-state index >= 15 is 0 Å². The van der Waals surface area contributed by atoms with Crippen molar-refractivity contribution in [3.63, 3.8) is 0 Å². The number of piperazine rings is 2. The highest BCUT2D eigenvalue weighted by molar-refractivity contribution is 6.10. The van der Waals surface area contributed by atoms with E-state index in [1.54, 1.807) is 0 Å². The molecule has 6 heterocycles. The molecule has 0 spiro atoms. The van der Waals surface area contributed by atoms with Crippen molar-refractivity contribution in [3.05, 3.63) is 144 Å². The number of hydrogen-bond acceptors (Lipinski definition) is 13. The fourth-order valence-electron chi connectivity index (χ4n) is 11.7. The predicted octanol–water partition coefficient (Wildman–Crippen LogP) is 10.9. The first-order chi connectivity index (χ1) is 41.2. The summed E-state index contributed by atoms with van der Waals surface area (Å²) in [6.45, 7) is 11.7. The molecule has 84 heavy (non-hydrogen) atoms. The monoisotopic (exact) mass is 1130 g/mol. The Hall–Kier alpha value is -8.18. The number of ketones is 1. The molecule has 16 heteroatoms. The van der Waals surface area contributed by atoms with Gasteiger partial charge in [-0.3, -0.25) is 19.6 Å². The van der Waals surface area contributed by atoms with E-state index in [0.717, 1.165) is 189 Å². The zero-order chi connectivity index (χ0) is 57.2. The van der Waals surface area contributed by atoms with Gasteiger partial charge in [-0.1, -0.05) is 42.8 Å². The van der Waals surface area contributed by atoms with E-state index in [9.17, 15) is 9.59 Å². The Kier molecular flexibility index (Phi) is 17.8. The molecule has 4 aliphatic heterocycles. The molecule has 2 fully saturated rings. The molecule has 2 saturated heterocycles. The third-order valence-corrected chi connectivity index (χ3v) is 16.8. The van der Waals surface area contributed by atoms with Gasteiger partial charge in [0.05, 0.1) is 58.1 Å². The number of ether oxygens (including phenoxy) is 2. The van der Waals surface area contributed by atoms with Gasteiger partial charge in [0.1, 0.15) is 28.9 Å². The van der Waals surface area contributed by atoms with E-state index in [0.29, 0.717) is 57.6 Å². The van der Waals surface area contributed by atoms with Crippen molar-refractivity contribution in [3.8, 4) is 34.3 Å². The van der Waals surface area contributed by atoms with Crippen LogP contribution in [0.2, 0.25) is 0 Å². The molecule has 0 atom stereocenters. The highest BCUT2D eigenvalue weighted by Gasteiger charge is 2.24. The summed E-state index contributed by atoms with van der Waals surface area (Å²) in [6, 6.07) is 42.1. The summed E-state index contributed by atoms with van der Waals surface area (Å²) in [5, 5.41) is 6.52. The fourth-order valence-corrected chi connectivity index (χ4v) is 11.7. The number of rotatable bonds is 26. The average molecular weight is 1130 g/mol. The SMILES string of the molecule is CN1CCN(c2ccc3c(c2)N=C(c2ccc4c(c2)CC(c2cccc(OCCCC(=O)CCCCCNCCCNC(=O)CCCOc5cccc(-c6nc7ccc(-c8nc9ccc(N%10CCN(C)CC%10)cc9[nH]8)cc7[nH]6)c5)c2)=N4)C3)CC1. The lowest BCUT2D eigenvalue weighted by atomic mass is 9.99. The molecule has 2 aromatic heterocycles. The number of aromatic nitrogens is 4. The zero-order valence-corrected chi connectivity index (χ0v) is 48.7. The van der Waals surface area contributed by atoms with Crippen molar-refractivity contribution < 1.29 is 19.1 Å². The minimum absolute atomic E-state index is 0.0333. The molecule has 4 aliphatic rings. The Bertz CT molecular complexity index is 3680. The summed E-state index contributed by atoms with van der Waals surface area (Å²) >= 11 is 0. The molecule has 0 bridgehead atoms. The topological polar surface area (TPSA) is 172 Å². The van der Waals surface area contributed by atoms with Crippen molar-refractivity contribution in [2.24, 2.45) is 9.98 Å². The fraction of sp³-hybridized carbons (Fsp3) is 0.382. The van der Waals surface area contributed by atoms with Crippen LogP contribution in [0.25, 0.3) is 44.8 Å². The van der Waals surface area contributed by atoms with E-state index in [4.69, 9.17) is 29.4 Å². The minimum atomic E-state index is 0.0333. The number of anilines is 2. The number of H-pyrrole nitrogens is 2. The first-order valence-corrected chi connectivity index (χ1v) is 30.4. The van der Waals surface area contributed by atoms with Gasteiger partial charge in [0, 0.05) is 114 Å². The molecule has 0 aliphatic carbocycles. The van der Waals surface area contributed by atoms with Gasteiger partial charge in [-0.05, 0) is 166 Å². The summed E-state index contributed by atoms with van der Waals surface area (Å²) in [5.41, 5.74) is 17.2. The van der Waals surface area contributed by atoms with Crippen LogP contribution in [0.15, 0.2) is 131 Å². The lowest BCUT2D eigenvalue weighted by Gasteiger charge is -2.34. The molecule has 0 radical (unpaired) electrons. The van der Waals surface area contributed by atoms with Gasteiger partial charge in [0.25, 0.3) is 0 Å². The number of hydrogen-bond donors (Lipinski definition) is 4. The number of amides is 1. The highest BCUT2D eigenvalue weighted by atomic mass is 16.5. The second-order valence-electron chi connectivity index (χ2n) is 23.1. The van der Waals surface area contributed by atoms with Crippen molar-refractivity contribution in [2.45, 2.75) is 70.6 Å². The molecule has 6 aromatic carbocycles. The Balaban J connectivity index is 0.483. The molecule has 0 saturated carbocycles. The van der Waals surface area contributed by atoms with Crippen LogP contribution < -0.4 is 29.9 Å². The quantitative estimate of drug-likeness (QED) is 0.0380. The van der Waals surface area contributed by atoms with E-state index < -0.39 is 0 Å². The Labute approximate surface area is 492 Å². The first kappa shape index (κ1) is 56.3.